The molecule has 0 aliphatic rings. The van der Waals surface area contributed by atoms with Crippen molar-refractivity contribution in [3.8, 4) is 5.82 Å². The van der Waals surface area contributed by atoms with Crippen LogP contribution in [-0.2, 0) is 0 Å². The molecule has 12 heavy (non-hydrogen) atoms. The third kappa shape index (κ3) is 1.03. The number of aryl methyl sites for hydroxylation is 1. The van der Waals surface area contributed by atoms with Gasteiger partial charge in [0.2, 0.25) is 0 Å². The molecule has 0 saturated carbocycles. The lowest BCUT2D eigenvalue weighted by atomic mass is 10.7. The smallest absolute Gasteiger partial charge is 0.244 e. The molecule has 0 bridgehead atoms. The Bertz CT molecular complexity index is 440. The van der Waals surface area contributed by atoms with E-state index in [9.17, 15) is 4.79 Å². The normalized spacial score (nSPS) is 10.4. The highest BCUT2D eigenvalue weighted by Crippen LogP contribution is 2.08. The number of hydrogen-bond donors (Lipinski definition) is 1. The number of aromatic amines is 1. The Morgan fingerprint density at radius 3 is 3.00 bits per heavy atom. The Labute approximate surface area is 70.9 Å². The van der Waals surface area contributed by atoms with Crippen LogP contribution in [0, 0.1) is 6.92 Å². The van der Waals surface area contributed by atoms with Crippen LogP contribution in [0.2, 0.25) is 0 Å². The van der Waals surface area contributed by atoms with Crippen molar-refractivity contribution in [1.29, 1.82) is 0 Å². The molecule has 0 unspecified atom stereocenters. The van der Waals surface area contributed by atoms with E-state index in [4.69, 9.17) is 0 Å². The minimum absolute atomic E-state index is 0.375. The summed E-state index contributed by atoms with van der Waals surface area (Å²) in [5.41, 5.74) is -0.375. The maximum atomic E-state index is 11.0. The highest BCUT2D eigenvalue weighted by Gasteiger charge is 2.04. The highest BCUT2D eigenvalue weighted by molar-refractivity contribution is 7.09. The molecule has 0 amide bonds. The fourth-order valence-electron chi connectivity index (χ4n) is 0.797. The van der Waals surface area contributed by atoms with Crippen LogP contribution < -0.4 is 5.69 Å². The van der Waals surface area contributed by atoms with Gasteiger partial charge in [0.05, 0.1) is 5.01 Å². The lowest BCUT2D eigenvalue weighted by molar-refractivity contribution is 0.763. The summed E-state index contributed by atoms with van der Waals surface area (Å²) in [5, 5.41) is 11.7. The summed E-state index contributed by atoms with van der Waals surface area (Å²) in [4.78, 5) is 15.0. The molecule has 0 aromatic carbocycles. The third-order valence-corrected chi connectivity index (χ3v) is 2.06. The molecule has 0 saturated heterocycles. The fourth-order valence-corrected chi connectivity index (χ4v) is 1.37. The van der Waals surface area contributed by atoms with Crippen molar-refractivity contribution >= 4 is 11.3 Å². The molecule has 62 valence electrons. The number of rotatable bonds is 1. The molecule has 2 heterocycles. The minimum atomic E-state index is -0.375. The van der Waals surface area contributed by atoms with E-state index in [2.05, 4.69) is 20.5 Å². The number of nitrogens with zero attached hydrogens (tertiary/aromatic N) is 4. The zero-order chi connectivity index (χ0) is 8.55. The van der Waals surface area contributed by atoms with Gasteiger partial charge in [-0.25, -0.2) is 14.9 Å². The number of hydrogen-bond acceptors (Lipinski definition) is 5. The molecule has 0 aliphatic carbocycles. The van der Waals surface area contributed by atoms with Crippen molar-refractivity contribution in [2.75, 3.05) is 0 Å². The third-order valence-electron chi connectivity index (χ3n) is 1.30. The van der Waals surface area contributed by atoms with Gasteiger partial charge in [-0.3, -0.25) is 0 Å². The first kappa shape index (κ1) is 7.17. The van der Waals surface area contributed by atoms with Crippen LogP contribution in [0.1, 0.15) is 5.01 Å². The van der Waals surface area contributed by atoms with Gasteiger partial charge in [0.1, 0.15) is 0 Å². The fraction of sp³-hybridized carbons (Fsp3) is 0.200. The Morgan fingerprint density at radius 2 is 2.50 bits per heavy atom. The maximum Gasteiger partial charge on any atom is 0.367 e. The zero-order valence-electron chi connectivity index (χ0n) is 6.18. The van der Waals surface area contributed by atoms with E-state index < -0.39 is 0 Å². The van der Waals surface area contributed by atoms with Gasteiger partial charge < -0.3 is 0 Å². The summed E-state index contributed by atoms with van der Waals surface area (Å²) < 4.78 is 1.11. The van der Waals surface area contributed by atoms with Gasteiger partial charge in [-0.2, -0.15) is 0 Å². The van der Waals surface area contributed by atoms with Gasteiger partial charge in [0.25, 0.3) is 0 Å². The van der Waals surface area contributed by atoms with E-state index in [0.717, 1.165) is 9.69 Å². The van der Waals surface area contributed by atoms with Crippen LogP contribution in [0.4, 0.5) is 0 Å². The summed E-state index contributed by atoms with van der Waals surface area (Å²) in [5.74, 6) is 0.510. The second kappa shape index (κ2) is 2.52. The van der Waals surface area contributed by atoms with E-state index >= 15 is 0 Å². The van der Waals surface area contributed by atoms with Crippen LogP contribution >= 0.6 is 11.3 Å². The SMILES string of the molecule is Cc1nc(-n2nn[nH]c2=O)cs1. The second-order valence-electron chi connectivity index (χ2n) is 2.14. The number of thiazole rings is 1. The lowest BCUT2D eigenvalue weighted by Crippen LogP contribution is -2.16. The van der Waals surface area contributed by atoms with Crippen LogP contribution in [0.25, 0.3) is 5.82 Å². The van der Waals surface area contributed by atoms with Crippen molar-refractivity contribution in [3.05, 3.63) is 20.9 Å². The molecule has 2 aromatic rings. The molecule has 0 fully saturated rings. The molecular formula is C5H5N5OS. The molecule has 0 spiro atoms. The Morgan fingerprint density at radius 1 is 1.67 bits per heavy atom. The van der Waals surface area contributed by atoms with E-state index in [-0.39, 0.29) is 5.69 Å². The molecule has 2 rings (SSSR count). The van der Waals surface area contributed by atoms with E-state index in [1.807, 2.05) is 6.92 Å². The van der Waals surface area contributed by atoms with E-state index in [0.29, 0.717) is 5.82 Å². The molecule has 7 heteroatoms. The second-order valence-corrected chi connectivity index (χ2v) is 3.21. The molecule has 0 atom stereocenters. The predicted molar refractivity (Wildman–Crippen MR) is 42.4 cm³/mol. The van der Waals surface area contributed by atoms with Crippen molar-refractivity contribution in [3.63, 3.8) is 0 Å². The Kier molecular flexibility index (Phi) is 1.51. The number of nitrogens with one attached hydrogen (secondary N) is 1. The monoisotopic (exact) mass is 183 g/mol. The quantitative estimate of drug-likeness (QED) is 0.659. The lowest BCUT2D eigenvalue weighted by Gasteiger charge is -1.86. The first-order valence-corrected chi connectivity index (χ1v) is 4.08. The molecule has 0 aliphatic heterocycles. The Balaban J connectivity index is 2.58. The highest BCUT2D eigenvalue weighted by atomic mass is 32.1. The molecule has 2 aromatic heterocycles. The molecule has 1 N–H and O–H groups in total. The zero-order valence-corrected chi connectivity index (χ0v) is 7.00. The molecule has 0 radical (unpaired) electrons. The molecular weight excluding hydrogens is 178 g/mol. The van der Waals surface area contributed by atoms with Crippen LogP contribution in [0.5, 0.6) is 0 Å². The summed E-state index contributed by atoms with van der Waals surface area (Å²) in [6.45, 7) is 1.86. The summed E-state index contributed by atoms with van der Waals surface area (Å²) in [7, 11) is 0. The molecule has 6 nitrogen and oxygen atoms in total. The number of tetrazole rings is 1. The van der Waals surface area contributed by atoms with Crippen molar-refractivity contribution in [2.45, 2.75) is 6.92 Å². The van der Waals surface area contributed by atoms with Gasteiger partial charge in [-0.05, 0) is 17.4 Å². The van der Waals surface area contributed by atoms with Gasteiger partial charge >= 0.3 is 5.69 Å². The van der Waals surface area contributed by atoms with Crippen molar-refractivity contribution in [1.82, 2.24) is 25.2 Å². The van der Waals surface area contributed by atoms with E-state index in [1.54, 1.807) is 5.38 Å². The predicted octanol–water partition coefficient (Wildman–Crippen LogP) is -0.279. The standard InChI is InChI=1S/C5H5N5OS/c1-3-6-4(2-12-3)10-5(11)7-8-9-10/h2H,1H3,(H,7,9,11). The maximum absolute atomic E-state index is 11.0. The average molecular weight is 183 g/mol. The number of H-pyrrole nitrogens is 1. The van der Waals surface area contributed by atoms with Gasteiger partial charge in [-0.1, -0.05) is 0 Å². The van der Waals surface area contributed by atoms with Crippen LogP contribution in [0.15, 0.2) is 10.2 Å². The first-order chi connectivity index (χ1) is 5.77. The van der Waals surface area contributed by atoms with Crippen LogP contribution in [-0.4, -0.2) is 25.2 Å². The average Bonchev–Trinajstić information content (AvgIpc) is 2.58. The summed E-state index contributed by atoms with van der Waals surface area (Å²) >= 11 is 1.46. The van der Waals surface area contributed by atoms with Gasteiger partial charge in [-0.15, -0.1) is 16.0 Å². The topological polar surface area (TPSA) is 76.5 Å². The first-order valence-electron chi connectivity index (χ1n) is 3.20. The Hall–Kier alpha value is -1.50. The minimum Gasteiger partial charge on any atom is -0.244 e. The summed E-state index contributed by atoms with van der Waals surface area (Å²) in [6, 6.07) is 0. The summed E-state index contributed by atoms with van der Waals surface area (Å²) in [6.07, 6.45) is 0. The largest absolute Gasteiger partial charge is 0.367 e. The number of aromatic nitrogens is 5. The van der Waals surface area contributed by atoms with Gasteiger partial charge in [0, 0.05) is 5.38 Å². The van der Waals surface area contributed by atoms with E-state index in [1.165, 1.54) is 11.3 Å². The van der Waals surface area contributed by atoms with Crippen molar-refractivity contribution < 1.29 is 0 Å². The van der Waals surface area contributed by atoms with Crippen molar-refractivity contribution in [2.24, 2.45) is 0 Å². The van der Waals surface area contributed by atoms with Gasteiger partial charge in [0.15, 0.2) is 5.82 Å². The van der Waals surface area contributed by atoms with Crippen LogP contribution in [0.3, 0.4) is 0 Å².